The number of benzene rings is 4. The van der Waals surface area contributed by atoms with Gasteiger partial charge in [0.05, 0.1) is 11.1 Å². The number of fused-ring (bicyclic) bond motifs is 1. The van der Waals surface area contributed by atoms with E-state index in [1.54, 1.807) is 12.1 Å². The van der Waals surface area contributed by atoms with Crippen molar-refractivity contribution in [1.29, 1.82) is 0 Å². The van der Waals surface area contributed by atoms with Crippen LogP contribution in [0.15, 0.2) is 106 Å². The molecule has 0 bridgehead atoms. The highest BCUT2D eigenvalue weighted by atomic mass is 35.5. The Labute approximate surface area is 194 Å². The van der Waals surface area contributed by atoms with Crippen LogP contribution in [0.4, 0.5) is 11.4 Å². The Balaban J connectivity index is 1.81. The first-order valence-corrected chi connectivity index (χ1v) is 10.8. The van der Waals surface area contributed by atoms with E-state index in [1.807, 2.05) is 84.9 Å². The summed E-state index contributed by atoms with van der Waals surface area (Å²) in [6.07, 6.45) is 0. The molecule has 0 radical (unpaired) electrons. The molecule has 0 atom stereocenters. The highest BCUT2D eigenvalue weighted by Gasteiger charge is 2.19. The van der Waals surface area contributed by atoms with Gasteiger partial charge in [-0.05, 0) is 60.2 Å². The first kappa shape index (κ1) is 20.4. The minimum absolute atomic E-state index is 0.415. The molecule has 5 aromatic rings. The van der Waals surface area contributed by atoms with Crippen LogP contribution in [0.3, 0.4) is 0 Å². The van der Waals surface area contributed by atoms with Crippen molar-refractivity contribution in [3.8, 4) is 22.5 Å². The summed E-state index contributed by atoms with van der Waals surface area (Å²) in [6.45, 7) is 0. The fourth-order valence-corrected chi connectivity index (χ4v) is 4.04. The van der Waals surface area contributed by atoms with E-state index in [-0.39, 0.29) is 0 Å². The molecule has 1 N–H and O–H groups in total. The second-order valence-corrected chi connectivity index (χ2v) is 8.20. The largest absolute Gasteiger partial charge is 0.422 e. The SMILES string of the molecule is O=c1oc(-c2ccc(Cl)cc2)c(-c2ccc(Cl)cc2)c2cccc(Nc3ccccc3)c12. The third-order valence-corrected chi connectivity index (χ3v) is 5.76. The molecule has 0 amide bonds. The van der Waals surface area contributed by atoms with Crippen molar-refractivity contribution in [1.82, 2.24) is 0 Å². The lowest BCUT2D eigenvalue weighted by Crippen LogP contribution is -2.06. The van der Waals surface area contributed by atoms with Crippen molar-refractivity contribution in [3.63, 3.8) is 0 Å². The van der Waals surface area contributed by atoms with Gasteiger partial charge < -0.3 is 9.73 Å². The summed E-state index contributed by atoms with van der Waals surface area (Å²) in [5.74, 6) is 0.485. The molecule has 0 aliphatic carbocycles. The minimum atomic E-state index is -0.415. The Morgan fingerprint density at radius 1 is 0.656 bits per heavy atom. The highest BCUT2D eigenvalue weighted by molar-refractivity contribution is 6.31. The van der Waals surface area contributed by atoms with Crippen LogP contribution in [0, 0.1) is 0 Å². The lowest BCUT2D eigenvalue weighted by molar-refractivity contribution is 0.536. The molecule has 4 aromatic carbocycles. The average Bonchev–Trinajstić information content (AvgIpc) is 2.81. The topological polar surface area (TPSA) is 42.2 Å². The number of hydrogen-bond acceptors (Lipinski definition) is 3. The number of anilines is 2. The van der Waals surface area contributed by atoms with Gasteiger partial charge in [-0.3, -0.25) is 0 Å². The van der Waals surface area contributed by atoms with E-state index in [9.17, 15) is 4.79 Å². The monoisotopic (exact) mass is 457 g/mol. The molecule has 0 unspecified atom stereocenters. The third kappa shape index (κ3) is 3.89. The van der Waals surface area contributed by atoms with E-state index in [0.717, 1.165) is 27.8 Å². The van der Waals surface area contributed by atoms with Crippen molar-refractivity contribution < 1.29 is 4.42 Å². The predicted octanol–water partition coefficient (Wildman–Crippen LogP) is 8.18. The number of nitrogens with one attached hydrogen (secondary N) is 1. The predicted molar refractivity (Wildman–Crippen MR) is 133 cm³/mol. The number of hydrogen-bond donors (Lipinski definition) is 1. The second kappa shape index (κ2) is 8.54. The molecule has 0 spiro atoms. The molecule has 5 rings (SSSR count). The van der Waals surface area contributed by atoms with E-state index in [0.29, 0.717) is 26.9 Å². The minimum Gasteiger partial charge on any atom is -0.422 e. The summed E-state index contributed by atoms with van der Waals surface area (Å²) in [7, 11) is 0. The zero-order valence-electron chi connectivity index (χ0n) is 16.8. The molecule has 0 fully saturated rings. The summed E-state index contributed by atoms with van der Waals surface area (Å²) in [6, 6.07) is 30.2. The highest BCUT2D eigenvalue weighted by Crippen LogP contribution is 2.39. The Kier molecular flexibility index (Phi) is 5.44. The Hall–Kier alpha value is -3.53. The molecular weight excluding hydrogens is 441 g/mol. The molecule has 156 valence electrons. The Bertz CT molecular complexity index is 1460. The van der Waals surface area contributed by atoms with Crippen LogP contribution in [0.2, 0.25) is 10.0 Å². The fraction of sp³-hybridized carbons (Fsp3) is 0. The van der Waals surface area contributed by atoms with Crippen LogP contribution in [-0.2, 0) is 0 Å². The molecule has 3 nitrogen and oxygen atoms in total. The zero-order chi connectivity index (χ0) is 22.1. The average molecular weight is 458 g/mol. The Morgan fingerprint density at radius 3 is 1.94 bits per heavy atom. The summed E-state index contributed by atoms with van der Waals surface area (Å²) >= 11 is 12.2. The van der Waals surface area contributed by atoms with Crippen LogP contribution in [-0.4, -0.2) is 0 Å². The van der Waals surface area contributed by atoms with Gasteiger partial charge in [-0.25, -0.2) is 4.79 Å². The molecular formula is C27H17Cl2NO2. The van der Waals surface area contributed by atoms with Gasteiger partial charge in [0.25, 0.3) is 0 Å². The Morgan fingerprint density at radius 2 is 1.28 bits per heavy atom. The first-order chi connectivity index (χ1) is 15.6. The van der Waals surface area contributed by atoms with Crippen LogP contribution in [0.1, 0.15) is 0 Å². The maximum atomic E-state index is 13.2. The smallest absolute Gasteiger partial charge is 0.346 e. The third-order valence-electron chi connectivity index (χ3n) is 5.25. The number of para-hydroxylation sites is 1. The van der Waals surface area contributed by atoms with Crippen molar-refractivity contribution in [2.75, 3.05) is 5.32 Å². The second-order valence-electron chi connectivity index (χ2n) is 7.33. The van der Waals surface area contributed by atoms with Gasteiger partial charge >= 0.3 is 5.63 Å². The lowest BCUT2D eigenvalue weighted by Gasteiger charge is -2.15. The van der Waals surface area contributed by atoms with Gasteiger partial charge in [0.1, 0.15) is 5.76 Å². The van der Waals surface area contributed by atoms with E-state index in [4.69, 9.17) is 27.6 Å². The van der Waals surface area contributed by atoms with Crippen LogP contribution in [0.25, 0.3) is 33.2 Å². The van der Waals surface area contributed by atoms with Crippen molar-refractivity contribution in [2.45, 2.75) is 0 Å². The molecule has 1 aromatic heterocycles. The van der Waals surface area contributed by atoms with Crippen molar-refractivity contribution >= 4 is 45.3 Å². The van der Waals surface area contributed by atoms with Crippen LogP contribution in [0.5, 0.6) is 0 Å². The van der Waals surface area contributed by atoms with Crippen LogP contribution >= 0.6 is 23.2 Å². The summed E-state index contributed by atoms with van der Waals surface area (Å²) < 4.78 is 5.94. The van der Waals surface area contributed by atoms with E-state index < -0.39 is 5.63 Å². The molecule has 0 saturated carbocycles. The van der Waals surface area contributed by atoms with Gasteiger partial charge in [0.15, 0.2) is 0 Å². The maximum Gasteiger partial charge on any atom is 0.346 e. The number of halogens is 2. The van der Waals surface area contributed by atoms with E-state index in [1.165, 1.54) is 0 Å². The van der Waals surface area contributed by atoms with Gasteiger partial charge in [0.2, 0.25) is 0 Å². The molecule has 32 heavy (non-hydrogen) atoms. The molecule has 0 aliphatic rings. The normalized spacial score (nSPS) is 10.9. The van der Waals surface area contributed by atoms with Gasteiger partial charge in [-0.15, -0.1) is 0 Å². The quantitative estimate of drug-likeness (QED) is 0.295. The van der Waals surface area contributed by atoms with E-state index >= 15 is 0 Å². The zero-order valence-corrected chi connectivity index (χ0v) is 18.3. The number of rotatable bonds is 4. The lowest BCUT2D eigenvalue weighted by atomic mass is 9.95. The van der Waals surface area contributed by atoms with Gasteiger partial charge in [-0.1, -0.05) is 65.7 Å². The van der Waals surface area contributed by atoms with Gasteiger partial charge in [0, 0.05) is 32.2 Å². The molecule has 5 heteroatoms. The van der Waals surface area contributed by atoms with Crippen LogP contribution < -0.4 is 10.9 Å². The van der Waals surface area contributed by atoms with Gasteiger partial charge in [-0.2, -0.15) is 0 Å². The summed E-state index contributed by atoms with van der Waals surface area (Å²) in [5.41, 5.74) is 3.62. The molecule has 1 heterocycles. The summed E-state index contributed by atoms with van der Waals surface area (Å²) in [5, 5.41) is 5.86. The fourth-order valence-electron chi connectivity index (χ4n) is 3.79. The summed E-state index contributed by atoms with van der Waals surface area (Å²) in [4.78, 5) is 13.2. The maximum absolute atomic E-state index is 13.2. The molecule has 0 saturated heterocycles. The first-order valence-electron chi connectivity index (χ1n) is 10.0. The van der Waals surface area contributed by atoms with Crippen molar-refractivity contribution in [3.05, 3.63) is 118 Å². The van der Waals surface area contributed by atoms with Crippen molar-refractivity contribution in [2.24, 2.45) is 0 Å². The standard InChI is InChI=1S/C27H17Cl2NO2/c28-19-13-9-17(10-14-19)24-22-7-4-8-23(30-21-5-2-1-3-6-21)25(22)27(31)32-26(24)18-11-15-20(29)16-12-18/h1-16,30H. The van der Waals surface area contributed by atoms with E-state index in [2.05, 4.69) is 5.32 Å². The molecule has 0 aliphatic heterocycles.